The van der Waals surface area contributed by atoms with Gasteiger partial charge in [0.25, 0.3) is 0 Å². The fraction of sp³-hybridized carbons (Fsp3) is 0.300. The minimum Gasteiger partial charge on any atom is -0.487 e. The SMILES string of the molecule is Fc1cc(SNc2ncns2)c(F)cc1OC1CCCC[C@H]1c1ccccc1. The lowest BCUT2D eigenvalue weighted by Gasteiger charge is -2.32. The van der Waals surface area contributed by atoms with E-state index in [9.17, 15) is 8.78 Å². The molecule has 2 aromatic carbocycles. The summed E-state index contributed by atoms with van der Waals surface area (Å²) in [5.74, 6) is -0.957. The van der Waals surface area contributed by atoms with Crippen LogP contribution in [0.1, 0.15) is 37.2 Å². The van der Waals surface area contributed by atoms with Crippen molar-refractivity contribution in [2.75, 3.05) is 4.72 Å². The molecule has 2 atom stereocenters. The zero-order valence-electron chi connectivity index (χ0n) is 15.0. The van der Waals surface area contributed by atoms with Crippen molar-refractivity contribution in [3.63, 3.8) is 0 Å². The van der Waals surface area contributed by atoms with Gasteiger partial charge in [-0.25, -0.2) is 13.8 Å². The maximum atomic E-state index is 14.6. The topological polar surface area (TPSA) is 47.0 Å². The molecule has 1 aliphatic rings. The van der Waals surface area contributed by atoms with Gasteiger partial charge in [0, 0.05) is 23.5 Å². The molecule has 1 saturated carbocycles. The number of aromatic nitrogens is 2. The first-order chi connectivity index (χ1) is 13.7. The molecule has 0 saturated heterocycles. The molecule has 3 aromatic rings. The molecule has 0 radical (unpaired) electrons. The Labute approximate surface area is 170 Å². The standard InChI is InChI=1S/C20H19F2N3OS2/c21-15-11-19(27-25-20-23-12-24-28-20)16(22)10-18(15)26-17-9-5-4-8-14(17)13-6-2-1-3-7-13/h1-3,6-7,10-12,14,17H,4-5,8-9H2,(H,23,24,25)/t14-,17?/m0/s1. The number of nitrogens with one attached hydrogen (secondary N) is 1. The van der Waals surface area contributed by atoms with Gasteiger partial charge >= 0.3 is 0 Å². The zero-order chi connectivity index (χ0) is 19.3. The van der Waals surface area contributed by atoms with Gasteiger partial charge in [-0.15, -0.1) is 0 Å². The van der Waals surface area contributed by atoms with Crippen LogP contribution in [0.5, 0.6) is 5.75 Å². The molecule has 1 aromatic heterocycles. The fourth-order valence-electron chi connectivity index (χ4n) is 3.48. The smallest absolute Gasteiger partial charge is 0.212 e. The molecule has 0 spiro atoms. The van der Waals surface area contributed by atoms with E-state index in [0.717, 1.165) is 61.3 Å². The number of ether oxygens (including phenoxy) is 1. The number of halogens is 2. The summed E-state index contributed by atoms with van der Waals surface area (Å²) >= 11 is 2.10. The van der Waals surface area contributed by atoms with Crippen molar-refractivity contribution in [1.82, 2.24) is 9.36 Å². The van der Waals surface area contributed by atoms with Crippen LogP contribution < -0.4 is 9.46 Å². The summed E-state index contributed by atoms with van der Waals surface area (Å²) in [6.07, 6.45) is 5.19. The van der Waals surface area contributed by atoms with Crippen molar-refractivity contribution < 1.29 is 13.5 Å². The number of nitrogens with zero attached hydrogens (tertiary/aromatic N) is 2. The van der Waals surface area contributed by atoms with Crippen LogP contribution in [0.3, 0.4) is 0 Å². The number of hydrogen-bond acceptors (Lipinski definition) is 6. The van der Waals surface area contributed by atoms with Gasteiger partial charge in [0.15, 0.2) is 11.6 Å². The maximum Gasteiger partial charge on any atom is 0.212 e. The second-order valence-corrected chi connectivity index (χ2v) is 8.25. The van der Waals surface area contributed by atoms with E-state index in [1.54, 1.807) is 0 Å². The van der Waals surface area contributed by atoms with Crippen molar-refractivity contribution in [1.29, 1.82) is 0 Å². The summed E-state index contributed by atoms with van der Waals surface area (Å²) < 4.78 is 41.8. The Balaban J connectivity index is 1.49. The molecule has 0 amide bonds. The summed E-state index contributed by atoms with van der Waals surface area (Å²) in [6, 6.07) is 12.4. The lowest BCUT2D eigenvalue weighted by molar-refractivity contribution is 0.124. The number of benzene rings is 2. The first kappa shape index (κ1) is 19.1. The van der Waals surface area contributed by atoms with Crippen LogP contribution in [0.25, 0.3) is 0 Å². The minimum atomic E-state index is -0.569. The molecular weight excluding hydrogens is 400 g/mol. The minimum absolute atomic E-state index is 0.0365. The van der Waals surface area contributed by atoms with E-state index >= 15 is 0 Å². The quantitative estimate of drug-likeness (QED) is 0.494. The lowest BCUT2D eigenvalue weighted by atomic mass is 9.81. The summed E-state index contributed by atoms with van der Waals surface area (Å²) in [5, 5.41) is 0.526. The summed E-state index contributed by atoms with van der Waals surface area (Å²) in [7, 11) is 0. The Kier molecular flexibility index (Phi) is 6.07. The monoisotopic (exact) mass is 419 g/mol. The van der Waals surface area contributed by atoms with Crippen LogP contribution in [0.2, 0.25) is 0 Å². The Morgan fingerprint density at radius 2 is 1.89 bits per heavy atom. The normalized spacial score (nSPS) is 19.4. The molecule has 1 fully saturated rings. The van der Waals surface area contributed by atoms with Gasteiger partial charge in [-0.2, -0.15) is 4.37 Å². The number of hydrogen-bond donors (Lipinski definition) is 1. The molecule has 0 aliphatic heterocycles. The highest BCUT2D eigenvalue weighted by molar-refractivity contribution is 8.00. The Hall–Kier alpha value is -2.19. The van der Waals surface area contributed by atoms with Gasteiger partial charge in [-0.05, 0) is 42.8 Å². The Bertz CT molecular complexity index is 909. The van der Waals surface area contributed by atoms with Crippen LogP contribution in [0, 0.1) is 11.6 Å². The van der Waals surface area contributed by atoms with Crippen LogP contribution in [-0.4, -0.2) is 15.5 Å². The molecule has 8 heteroatoms. The highest BCUT2D eigenvalue weighted by Crippen LogP contribution is 2.37. The molecule has 4 nitrogen and oxygen atoms in total. The summed E-state index contributed by atoms with van der Waals surface area (Å²) in [6.45, 7) is 0. The molecule has 28 heavy (non-hydrogen) atoms. The van der Waals surface area contributed by atoms with Crippen LogP contribution >= 0.6 is 23.5 Å². The van der Waals surface area contributed by atoms with Gasteiger partial charge in [0.2, 0.25) is 5.13 Å². The third-order valence-electron chi connectivity index (χ3n) is 4.80. The second-order valence-electron chi connectivity index (χ2n) is 6.62. The van der Waals surface area contributed by atoms with Crippen LogP contribution in [0.15, 0.2) is 53.7 Å². The van der Waals surface area contributed by atoms with E-state index in [4.69, 9.17) is 4.74 Å². The van der Waals surface area contributed by atoms with Crippen molar-refractivity contribution in [2.45, 2.75) is 42.6 Å². The van der Waals surface area contributed by atoms with E-state index in [1.165, 1.54) is 11.9 Å². The molecule has 1 heterocycles. The van der Waals surface area contributed by atoms with Crippen molar-refractivity contribution in [3.8, 4) is 5.75 Å². The first-order valence-electron chi connectivity index (χ1n) is 9.11. The number of anilines is 1. The largest absolute Gasteiger partial charge is 0.487 e. The molecule has 1 aliphatic carbocycles. The third kappa shape index (κ3) is 4.44. The predicted octanol–water partition coefficient (Wildman–Crippen LogP) is 6.04. The van der Waals surface area contributed by atoms with Crippen molar-refractivity contribution in [3.05, 3.63) is 66.0 Å². The summed E-state index contributed by atoms with van der Waals surface area (Å²) in [5.41, 5.74) is 1.18. The van der Waals surface area contributed by atoms with Gasteiger partial charge in [0.05, 0.1) is 4.90 Å². The van der Waals surface area contributed by atoms with Crippen molar-refractivity contribution >= 4 is 28.6 Å². The van der Waals surface area contributed by atoms with E-state index in [-0.39, 0.29) is 22.7 Å². The predicted molar refractivity (Wildman–Crippen MR) is 108 cm³/mol. The molecule has 4 rings (SSSR count). The lowest BCUT2D eigenvalue weighted by Crippen LogP contribution is -2.29. The Morgan fingerprint density at radius 1 is 1.07 bits per heavy atom. The van der Waals surface area contributed by atoms with Gasteiger partial charge in [-0.1, -0.05) is 36.8 Å². The first-order valence-corrected chi connectivity index (χ1v) is 10.7. The Morgan fingerprint density at radius 3 is 2.68 bits per heavy atom. The highest BCUT2D eigenvalue weighted by Gasteiger charge is 2.29. The second kappa shape index (κ2) is 8.87. The molecule has 1 N–H and O–H groups in total. The molecule has 0 bridgehead atoms. The van der Waals surface area contributed by atoms with Gasteiger partial charge < -0.3 is 9.46 Å². The van der Waals surface area contributed by atoms with E-state index in [2.05, 4.69) is 26.2 Å². The highest BCUT2D eigenvalue weighted by atomic mass is 32.2. The van der Waals surface area contributed by atoms with Gasteiger partial charge in [0.1, 0.15) is 18.2 Å². The average Bonchev–Trinajstić information content (AvgIpc) is 3.24. The van der Waals surface area contributed by atoms with Crippen molar-refractivity contribution in [2.24, 2.45) is 0 Å². The molecular formula is C20H19F2N3OS2. The van der Waals surface area contributed by atoms with Crippen LogP contribution in [-0.2, 0) is 0 Å². The summed E-state index contributed by atoms with van der Waals surface area (Å²) in [4.78, 5) is 4.09. The zero-order valence-corrected chi connectivity index (χ0v) is 16.6. The molecule has 1 unspecified atom stereocenters. The van der Waals surface area contributed by atoms with E-state index in [0.29, 0.717) is 5.13 Å². The third-order valence-corrected chi connectivity index (χ3v) is 6.34. The maximum absolute atomic E-state index is 14.6. The van der Waals surface area contributed by atoms with E-state index < -0.39 is 11.6 Å². The average molecular weight is 420 g/mol. The van der Waals surface area contributed by atoms with E-state index in [1.807, 2.05) is 18.2 Å². The molecule has 146 valence electrons. The van der Waals surface area contributed by atoms with Crippen LogP contribution in [0.4, 0.5) is 13.9 Å². The number of rotatable bonds is 6. The van der Waals surface area contributed by atoms with Gasteiger partial charge in [-0.3, -0.25) is 0 Å². The fourth-order valence-corrected chi connectivity index (χ4v) is 4.61.